The van der Waals surface area contributed by atoms with Crippen LogP contribution in [0.2, 0.25) is 0 Å². The summed E-state index contributed by atoms with van der Waals surface area (Å²) in [6.07, 6.45) is -0.203. The van der Waals surface area contributed by atoms with E-state index in [4.69, 9.17) is 14.2 Å². The molecule has 0 aliphatic carbocycles. The Kier molecular flexibility index (Phi) is 6.25. The molecule has 0 bridgehead atoms. The molecule has 0 spiro atoms. The van der Waals surface area contributed by atoms with Crippen LogP contribution in [-0.2, 0) is 20.7 Å². The van der Waals surface area contributed by atoms with Gasteiger partial charge in [-0.3, -0.25) is 9.59 Å². The minimum atomic E-state index is -0.837. The van der Waals surface area contributed by atoms with Crippen LogP contribution in [0, 0.1) is 0 Å². The molecule has 3 rings (SSSR count). The van der Waals surface area contributed by atoms with E-state index in [1.165, 1.54) is 18.4 Å². The maximum absolute atomic E-state index is 12.6. The molecular weight excluding hydrogens is 370 g/mol. The van der Waals surface area contributed by atoms with Crippen molar-refractivity contribution in [1.82, 2.24) is 15.6 Å². The van der Waals surface area contributed by atoms with E-state index in [1.54, 1.807) is 30.8 Å². The van der Waals surface area contributed by atoms with Crippen molar-refractivity contribution in [2.45, 2.75) is 18.6 Å². The molecule has 0 saturated carbocycles. The number of thiazole rings is 1. The number of aromatic nitrogens is 1. The van der Waals surface area contributed by atoms with Crippen molar-refractivity contribution in [3.8, 4) is 11.5 Å². The largest absolute Gasteiger partial charge is 0.493 e. The first kappa shape index (κ1) is 19.1. The van der Waals surface area contributed by atoms with Crippen molar-refractivity contribution < 1.29 is 23.8 Å². The smallest absolute Gasteiger partial charge is 0.251 e. The van der Waals surface area contributed by atoms with E-state index >= 15 is 0 Å². The van der Waals surface area contributed by atoms with Gasteiger partial charge < -0.3 is 24.8 Å². The number of hydrogen-bond donors (Lipinski definition) is 2. The van der Waals surface area contributed by atoms with Gasteiger partial charge in [0.15, 0.2) is 17.6 Å². The average Bonchev–Trinajstić information content (AvgIpc) is 3.20. The number of carbonyl (C=O) groups excluding carboxylic acids is 2. The van der Waals surface area contributed by atoms with Crippen LogP contribution in [0.1, 0.15) is 17.3 Å². The monoisotopic (exact) mass is 391 g/mol. The van der Waals surface area contributed by atoms with Gasteiger partial charge in [-0.2, -0.15) is 0 Å². The molecule has 1 fully saturated rings. The van der Waals surface area contributed by atoms with Gasteiger partial charge in [0.05, 0.1) is 31.5 Å². The lowest BCUT2D eigenvalue weighted by Gasteiger charge is -2.32. The van der Waals surface area contributed by atoms with Crippen molar-refractivity contribution in [3.05, 3.63) is 40.3 Å². The summed E-state index contributed by atoms with van der Waals surface area (Å²) in [7, 11) is 3.07. The Hall–Kier alpha value is -2.65. The number of hydrogen-bond acceptors (Lipinski definition) is 7. The molecular formula is C18H21N3O5S. The zero-order chi connectivity index (χ0) is 19.2. The molecule has 0 unspecified atom stereocenters. The Labute approximate surface area is 160 Å². The fraction of sp³-hybridized carbons (Fsp3) is 0.389. The number of rotatable bonds is 7. The van der Waals surface area contributed by atoms with E-state index < -0.39 is 12.1 Å². The molecule has 9 heteroatoms. The van der Waals surface area contributed by atoms with Crippen LogP contribution in [-0.4, -0.2) is 50.3 Å². The lowest BCUT2D eigenvalue weighted by Crippen LogP contribution is -2.52. The first-order chi connectivity index (χ1) is 13.1. The van der Waals surface area contributed by atoms with E-state index in [-0.39, 0.29) is 18.4 Å². The summed E-state index contributed by atoms with van der Waals surface area (Å²) < 4.78 is 16.1. The molecule has 2 amide bonds. The van der Waals surface area contributed by atoms with E-state index in [9.17, 15) is 9.59 Å². The molecule has 2 N–H and O–H groups in total. The van der Waals surface area contributed by atoms with Gasteiger partial charge in [0.2, 0.25) is 5.91 Å². The van der Waals surface area contributed by atoms with Crippen LogP contribution in [0.25, 0.3) is 0 Å². The molecule has 1 aromatic heterocycles. The second kappa shape index (κ2) is 8.83. The van der Waals surface area contributed by atoms with Gasteiger partial charge in [-0.15, -0.1) is 11.3 Å². The number of nitrogens with one attached hydrogen (secondary N) is 2. The van der Waals surface area contributed by atoms with E-state index in [2.05, 4.69) is 15.6 Å². The molecule has 1 aromatic carbocycles. The molecule has 144 valence electrons. The first-order valence-corrected chi connectivity index (χ1v) is 9.34. The highest BCUT2D eigenvalue weighted by atomic mass is 32.1. The van der Waals surface area contributed by atoms with Crippen molar-refractivity contribution in [3.63, 3.8) is 0 Å². The third-order valence-electron chi connectivity index (χ3n) is 4.20. The summed E-state index contributed by atoms with van der Waals surface area (Å²) >= 11 is 1.51. The number of methoxy groups -OCH3 is 2. The zero-order valence-electron chi connectivity index (χ0n) is 15.1. The van der Waals surface area contributed by atoms with Crippen LogP contribution in [0.3, 0.4) is 0 Å². The molecule has 2 atom stereocenters. The normalized spacial score (nSPS) is 19.3. The Morgan fingerprint density at radius 3 is 2.89 bits per heavy atom. The van der Waals surface area contributed by atoms with Gasteiger partial charge in [0, 0.05) is 18.3 Å². The molecule has 1 aliphatic heterocycles. The molecule has 8 nitrogen and oxygen atoms in total. The van der Waals surface area contributed by atoms with Gasteiger partial charge in [-0.25, -0.2) is 4.98 Å². The van der Waals surface area contributed by atoms with Crippen molar-refractivity contribution >= 4 is 23.2 Å². The summed E-state index contributed by atoms with van der Waals surface area (Å²) in [4.78, 5) is 28.7. The lowest BCUT2D eigenvalue weighted by molar-refractivity contribution is -0.148. The lowest BCUT2D eigenvalue weighted by atomic mass is 9.98. The van der Waals surface area contributed by atoms with Crippen LogP contribution in [0.4, 0.5) is 0 Å². The van der Waals surface area contributed by atoms with E-state index in [0.717, 1.165) is 5.69 Å². The average molecular weight is 391 g/mol. The van der Waals surface area contributed by atoms with Gasteiger partial charge in [-0.05, 0) is 17.7 Å². The Bertz CT molecular complexity index is 796. The summed E-state index contributed by atoms with van der Waals surface area (Å²) in [5.74, 6) is 0.511. The minimum absolute atomic E-state index is 0.159. The number of carbonyl (C=O) groups is 2. The number of nitrogens with zero attached hydrogens (tertiary/aromatic N) is 1. The van der Waals surface area contributed by atoms with Crippen LogP contribution in [0.5, 0.6) is 11.5 Å². The summed E-state index contributed by atoms with van der Waals surface area (Å²) in [6, 6.07) is 4.61. The summed E-state index contributed by atoms with van der Waals surface area (Å²) in [6.45, 7) is 0.281. The molecule has 2 aromatic rings. The third kappa shape index (κ3) is 4.55. The standard InChI is InChI=1S/C18H21N3O5S/c1-24-13-4-3-11(7-14(13)25-2)16-17(26-8-15(22)21-16)18(23)19-6-5-12-9-27-10-20-12/h3-4,7,9-10,16-17H,5-6,8H2,1-2H3,(H,19,23)(H,21,22)/t16-,17+/m1/s1. The SMILES string of the molecule is COc1ccc([C@H]2NC(=O)CO[C@@H]2C(=O)NCCc2cscn2)cc1OC. The van der Waals surface area contributed by atoms with Crippen LogP contribution < -0.4 is 20.1 Å². The highest BCUT2D eigenvalue weighted by Crippen LogP contribution is 2.32. The topological polar surface area (TPSA) is 98.8 Å². The quantitative estimate of drug-likeness (QED) is 0.733. The summed E-state index contributed by atoms with van der Waals surface area (Å²) in [5, 5.41) is 7.61. The Balaban J connectivity index is 1.72. The fourth-order valence-corrected chi connectivity index (χ4v) is 3.45. The zero-order valence-corrected chi connectivity index (χ0v) is 15.9. The number of morpholine rings is 1. The Morgan fingerprint density at radius 2 is 2.19 bits per heavy atom. The van der Waals surface area contributed by atoms with Gasteiger partial charge in [0.25, 0.3) is 5.91 Å². The number of benzene rings is 1. The molecule has 1 saturated heterocycles. The predicted molar refractivity (Wildman–Crippen MR) is 99.0 cm³/mol. The second-order valence-corrected chi connectivity index (χ2v) is 6.63. The van der Waals surface area contributed by atoms with Gasteiger partial charge in [0.1, 0.15) is 6.61 Å². The van der Waals surface area contributed by atoms with Crippen LogP contribution >= 0.6 is 11.3 Å². The molecule has 2 heterocycles. The second-order valence-electron chi connectivity index (χ2n) is 5.91. The number of amides is 2. The number of ether oxygens (including phenoxy) is 3. The van der Waals surface area contributed by atoms with E-state index in [1.807, 2.05) is 5.38 Å². The maximum Gasteiger partial charge on any atom is 0.251 e. The molecule has 1 aliphatic rings. The fourth-order valence-electron chi connectivity index (χ4n) is 2.86. The maximum atomic E-state index is 12.6. The highest BCUT2D eigenvalue weighted by molar-refractivity contribution is 7.07. The Morgan fingerprint density at radius 1 is 1.37 bits per heavy atom. The first-order valence-electron chi connectivity index (χ1n) is 8.40. The predicted octanol–water partition coefficient (Wildman–Crippen LogP) is 1.08. The van der Waals surface area contributed by atoms with Gasteiger partial charge in [-0.1, -0.05) is 6.07 Å². The highest BCUT2D eigenvalue weighted by Gasteiger charge is 2.36. The minimum Gasteiger partial charge on any atom is -0.493 e. The van der Waals surface area contributed by atoms with Crippen molar-refractivity contribution in [1.29, 1.82) is 0 Å². The summed E-state index contributed by atoms with van der Waals surface area (Å²) in [5.41, 5.74) is 3.37. The van der Waals surface area contributed by atoms with Crippen molar-refractivity contribution in [2.75, 3.05) is 27.4 Å². The van der Waals surface area contributed by atoms with Crippen LogP contribution in [0.15, 0.2) is 29.1 Å². The molecule has 0 radical (unpaired) electrons. The van der Waals surface area contributed by atoms with Gasteiger partial charge >= 0.3 is 0 Å². The van der Waals surface area contributed by atoms with Crippen molar-refractivity contribution in [2.24, 2.45) is 0 Å². The molecule has 27 heavy (non-hydrogen) atoms. The van der Waals surface area contributed by atoms with E-state index in [0.29, 0.717) is 30.0 Å². The third-order valence-corrected chi connectivity index (χ3v) is 4.84.